The number of carboxylic acids is 1. The van der Waals surface area contributed by atoms with Crippen molar-refractivity contribution in [3.05, 3.63) is 23.8 Å². The van der Waals surface area contributed by atoms with E-state index < -0.39 is 5.97 Å². The number of thioether (sulfide) groups is 2. The Morgan fingerprint density at radius 3 is 2.44 bits per heavy atom. The second-order valence-electron chi connectivity index (χ2n) is 2.94. The quantitative estimate of drug-likeness (QED) is 0.768. The number of aliphatic hydroxyl groups is 1. The highest BCUT2D eigenvalue weighted by atomic mass is 32.2. The van der Waals surface area contributed by atoms with E-state index in [1.165, 1.54) is 23.5 Å². The van der Waals surface area contributed by atoms with E-state index in [9.17, 15) is 9.90 Å². The van der Waals surface area contributed by atoms with Gasteiger partial charge in [0.15, 0.2) is 0 Å². The number of hydrogen-bond acceptors (Lipinski definition) is 4. The summed E-state index contributed by atoms with van der Waals surface area (Å²) < 4.78 is 0. The molecule has 0 aliphatic rings. The fourth-order valence-electron chi connectivity index (χ4n) is 1.27. The highest BCUT2D eigenvalue weighted by molar-refractivity contribution is 8.00. The van der Waals surface area contributed by atoms with E-state index in [2.05, 4.69) is 0 Å². The number of hydrogen-bond donors (Lipinski definition) is 2. The molecule has 1 aromatic rings. The van der Waals surface area contributed by atoms with Crippen LogP contribution in [0, 0.1) is 0 Å². The molecule has 0 amide bonds. The van der Waals surface area contributed by atoms with Gasteiger partial charge in [-0.1, -0.05) is 13.0 Å². The van der Waals surface area contributed by atoms with Gasteiger partial charge in [-0.15, -0.1) is 23.5 Å². The van der Waals surface area contributed by atoms with Crippen LogP contribution in [0.1, 0.15) is 17.3 Å². The maximum atomic E-state index is 11.2. The molecule has 0 aliphatic carbocycles. The average molecular weight is 258 g/mol. The van der Waals surface area contributed by atoms with Crippen LogP contribution in [0.5, 0.6) is 0 Å². The average Bonchev–Trinajstić information content (AvgIpc) is 2.26. The van der Waals surface area contributed by atoms with Crippen molar-refractivity contribution in [2.24, 2.45) is 0 Å². The third-order valence-corrected chi connectivity index (χ3v) is 3.83. The zero-order chi connectivity index (χ0) is 12.0. The van der Waals surface area contributed by atoms with Crippen LogP contribution in [0.2, 0.25) is 0 Å². The zero-order valence-electron chi connectivity index (χ0n) is 8.97. The predicted octanol–water partition coefficient (Wildman–Crippen LogP) is 2.58. The van der Waals surface area contributed by atoms with Gasteiger partial charge in [0.05, 0.1) is 12.2 Å². The van der Waals surface area contributed by atoms with Crippen LogP contribution in [0.25, 0.3) is 0 Å². The number of carbonyl (C=O) groups is 1. The van der Waals surface area contributed by atoms with Gasteiger partial charge in [-0.3, -0.25) is 0 Å². The Balaban J connectivity index is 3.05. The van der Waals surface area contributed by atoms with Gasteiger partial charge in [0, 0.05) is 15.5 Å². The van der Waals surface area contributed by atoms with Crippen molar-refractivity contribution >= 4 is 29.5 Å². The zero-order valence-corrected chi connectivity index (χ0v) is 10.6. The Kier molecular flexibility index (Phi) is 5.73. The summed E-state index contributed by atoms with van der Waals surface area (Å²) in [6, 6.07) is 5.45. The highest BCUT2D eigenvalue weighted by Gasteiger charge is 2.15. The van der Waals surface area contributed by atoms with Crippen molar-refractivity contribution in [2.45, 2.75) is 16.7 Å². The van der Waals surface area contributed by atoms with Crippen LogP contribution in [0.4, 0.5) is 0 Å². The third kappa shape index (κ3) is 3.43. The molecule has 16 heavy (non-hydrogen) atoms. The lowest BCUT2D eigenvalue weighted by atomic mass is 10.2. The van der Waals surface area contributed by atoms with Crippen LogP contribution >= 0.6 is 23.5 Å². The van der Waals surface area contributed by atoms with Crippen molar-refractivity contribution in [1.82, 2.24) is 0 Å². The molecule has 1 rings (SSSR count). The number of rotatable bonds is 6. The largest absolute Gasteiger partial charge is 0.478 e. The minimum atomic E-state index is -0.906. The summed E-state index contributed by atoms with van der Waals surface area (Å²) in [4.78, 5) is 12.7. The molecule has 0 spiro atoms. The van der Waals surface area contributed by atoms with E-state index in [0.717, 1.165) is 15.5 Å². The van der Waals surface area contributed by atoms with Crippen molar-refractivity contribution in [3.8, 4) is 0 Å². The minimum Gasteiger partial charge on any atom is -0.478 e. The van der Waals surface area contributed by atoms with Crippen LogP contribution < -0.4 is 0 Å². The molecule has 0 radical (unpaired) electrons. The normalized spacial score (nSPS) is 10.4. The number of carboxylic acid groups (broad SMARTS) is 1. The maximum Gasteiger partial charge on any atom is 0.337 e. The van der Waals surface area contributed by atoms with Gasteiger partial charge in [-0.05, 0) is 17.9 Å². The number of benzene rings is 1. The molecule has 0 saturated heterocycles. The molecule has 0 atom stereocenters. The summed E-state index contributed by atoms with van der Waals surface area (Å²) >= 11 is 2.89. The third-order valence-electron chi connectivity index (χ3n) is 1.85. The predicted molar refractivity (Wildman–Crippen MR) is 67.6 cm³/mol. The summed E-state index contributed by atoms with van der Waals surface area (Å²) in [5.74, 6) is 0.451. The molecule has 0 saturated carbocycles. The summed E-state index contributed by atoms with van der Waals surface area (Å²) in [6.45, 7) is 2.04. The summed E-state index contributed by atoms with van der Waals surface area (Å²) in [6.07, 6.45) is 0. The van der Waals surface area contributed by atoms with E-state index in [4.69, 9.17) is 5.11 Å². The summed E-state index contributed by atoms with van der Waals surface area (Å²) in [5, 5.41) is 17.9. The van der Waals surface area contributed by atoms with Gasteiger partial charge in [-0.2, -0.15) is 0 Å². The molecule has 0 heterocycles. The Labute approximate surface area is 103 Å². The van der Waals surface area contributed by atoms with Gasteiger partial charge in [0.1, 0.15) is 0 Å². The van der Waals surface area contributed by atoms with Gasteiger partial charge in [-0.25, -0.2) is 4.79 Å². The van der Waals surface area contributed by atoms with Crippen LogP contribution in [0.3, 0.4) is 0 Å². The van der Waals surface area contributed by atoms with Gasteiger partial charge < -0.3 is 10.2 Å². The molecule has 3 nitrogen and oxygen atoms in total. The number of aliphatic hydroxyl groups excluding tert-OH is 1. The van der Waals surface area contributed by atoms with Crippen LogP contribution in [0.15, 0.2) is 28.0 Å². The molecule has 0 aliphatic heterocycles. The second kappa shape index (κ2) is 6.83. The molecule has 0 unspecified atom stereocenters. The molecular formula is C11H14O3S2. The van der Waals surface area contributed by atoms with Crippen LogP contribution in [-0.4, -0.2) is 34.3 Å². The Hall–Kier alpha value is -0.650. The van der Waals surface area contributed by atoms with Gasteiger partial charge in [0.2, 0.25) is 0 Å². The first kappa shape index (κ1) is 13.4. The van der Waals surface area contributed by atoms with Crippen molar-refractivity contribution in [1.29, 1.82) is 0 Å². The fourth-order valence-corrected chi connectivity index (χ4v) is 2.99. The molecule has 0 bridgehead atoms. The molecular weight excluding hydrogens is 244 g/mol. The second-order valence-corrected chi connectivity index (χ2v) is 5.38. The molecule has 5 heteroatoms. The van der Waals surface area contributed by atoms with E-state index in [-0.39, 0.29) is 6.61 Å². The fraction of sp³-hybridized carbons (Fsp3) is 0.364. The van der Waals surface area contributed by atoms with E-state index in [0.29, 0.717) is 11.3 Å². The lowest BCUT2D eigenvalue weighted by Crippen LogP contribution is -2.02. The Morgan fingerprint density at radius 2 is 1.94 bits per heavy atom. The van der Waals surface area contributed by atoms with Crippen molar-refractivity contribution < 1.29 is 15.0 Å². The Morgan fingerprint density at radius 1 is 1.31 bits per heavy atom. The monoisotopic (exact) mass is 258 g/mol. The van der Waals surface area contributed by atoms with E-state index in [1.807, 2.05) is 19.1 Å². The topological polar surface area (TPSA) is 57.5 Å². The van der Waals surface area contributed by atoms with Crippen molar-refractivity contribution in [2.75, 3.05) is 18.1 Å². The highest BCUT2D eigenvalue weighted by Crippen LogP contribution is 2.31. The first-order valence-corrected chi connectivity index (χ1v) is 6.90. The van der Waals surface area contributed by atoms with E-state index in [1.54, 1.807) is 6.07 Å². The lowest BCUT2D eigenvalue weighted by Gasteiger charge is -2.09. The maximum absolute atomic E-state index is 11.2. The van der Waals surface area contributed by atoms with Crippen LogP contribution in [-0.2, 0) is 0 Å². The number of aromatic carboxylic acids is 1. The lowest BCUT2D eigenvalue weighted by molar-refractivity contribution is 0.0689. The molecule has 1 aromatic carbocycles. The van der Waals surface area contributed by atoms with Gasteiger partial charge >= 0.3 is 5.97 Å². The van der Waals surface area contributed by atoms with E-state index >= 15 is 0 Å². The first-order chi connectivity index (χ1) is 7.70. The minimum absolute atomic E-state index is 0.0505. The Bertz CT molecular complexity index is 366. The van der Waals surface area contributed by atoms with Gasteiger partial charge in [0.25, 0.3) is 0 Å². The summed E-state index contributed by atoms with van der Waals surface area (Å²) in [5.41, 5.74) is 0.354. The summed E-state index contributed by atoms with van der Waals surface area (Å²) in [7, 11) is 0. The molecule has 2 N–H and O–H groups in total. The molecule has 0 aromatic heterocycles. The molecule has 88 valence electrons. The SMILES string of the molecule is CCSc1cccc(SCCO)c1C(=O)O. The first-order valence-electron chi connectivity index (χ1n) is 4.93. The van der Waals surface area contributed by atoms with Crippen molar-refractivity contribution in [3.63, 3.8) is 0 Å². The molecule has 0 fully saturated rings. The standard InChI is InChI=1S/C11H14O3S2/c1-2-15-8-4-3-5-9(16-7-6-12)10(8)11(13)14/h3-5,12H,2,6-7H2,1H3,(H,13,14). The smallest absolute Gasteiger partial charge is 0.337 e.